The summed E-state index contributed by atoms with van der Waals surface area (Å²) in [6.45, 7) is 5.79. The van der Waals surface area contributed by atoms with Crippen molar-refractivity contribution in [2.24, 2.45) is 4.99 Å². The van der Waals surface area contributed by atoms with Crippen molar-refractivity contribution in [2.75, 3.05) is 6.61 Å². The number of rotatable bonds is 4. The van der Waals surface area contributed by atoms with Crippen molar-refractivity contribution in [3.8, 4) is 0 Å². The van der Waals surface area contributed by atoms with Gasteiger partial charge in [0.05, 0.1) is 21.7 Å². The quantitative estimate of drug-likeness (QED) is 0.650. The maximum absolute atomic E-state index is 12.5. The first-order valence-electron chi connectivity index (χ1n) is 7.93. The Bertz CT molecular complexity index is 997. The molecule has 3 rings (SSSR count). The number of aryl methyl sites for hydroxylation is 1. The lowest BCUT2D eigenvalue weighted by molar-refractivity contribution is -0.146. The normalized spacial score (nSPS) is 13.2. The summed E-state index contributed by atoms with van der Waals surface area (Å²) < 4.78 is 7.88. The second-order valence-corrected chi connectivity index (χ2v) is 7.77. The Labute approximate surface area is 153 Å². The molecule has 0 saturated carbocycles. The first-order valence-corrected chi connectivity index (χ1v) is 9.56. The third-order valence-electron chi connectivity index (χ3n) is 3.70. The predicted molar refractivity (Wildman–Crippen MR) is 100 cm³/mol. The van der Waals surface area contributed by atoms with Crippen molar-refractivity contribution < 1.29 is 14.3 Å². The Kier molecular flexibility index (Phi) is 5.15. The zero-order valence-electron chi connectivity index (χ0n) is 14.2. The molecule has 0 radical (unpaired) electrons. The number of fused-ring (bicyclic) bond motifs is 1. The molecule has 0 spiro atoms. The minimum absolute atomic E-state index is 0.297. The Morgan fingerprint density at radius 3 is 2.64 bits per heavy atom. The molecule has 130 valence electrons. The fourth-order valence-corrected chi connectivity index (χ4v) is 4.35. The summed E-state index contributed by atoms with van der Waals surface area (Å²) in [7, 11) is 0. The number of nitrogens with zero attached hydrogens (tertiary/aromatic N) is 2. The topological polar surface area (TPSA) is 60.7 Å². The molecule has 0 aliphatic rings. The van der Waals surface area contributed by atoms with Crippen LogP contribution < -0.4 is 4.80 Å². The van der Waals surface area contributed by atoms with E-state index in [4.69, 9.17) is 4.74 Å². The molecule has 0 fully saturated rings. The molecule has 0 aliphatic carbocycles. The largest absolute Gasteiger partial charge is 0.464 e. The van der Waals surface area contributed by atoms with Gasteiger partial charge in [0, 0.05) is 4.88 Å². The molecule has 1 amide bonds. The van der Waals surface area contributed by atoms with E-state index in [1.165, 1.54) is 22.7 Å². The molecule has 1 atom stereocenters. The summed E-state index contributed by atoms with van der Waals surface area (Å²) in [4.78, 5) is 31.2. The molecule has 2 aromatic heterocycles. The van der Waals surface area contributed by atoms with Gasteiger partial charge in [0.2, 0.25) is 0 Å². The number of carbonyl (C=O) groups excluding carboxylic acids is 2. The van der Waals surface area contributed by atoms with Crippen molar-refractivity contribution >= 4 is 44.8 Å². The van der Waals surface area contributed by atoms with Crippen molar-refractivity contribution in [1.29, 1.82) is 0 Å². The smallest absolute Gasteiger partial charge is 0.328 e. The van der Waals surface area contributed by atoms with Crippen LogP contribution >= 0.6 is 22.7 Å². The number of aromatic nitrogens is 1. The van der Waals surface area contributed by atoms with E-state index in [2.05, 4.69) is 4.99 Å². The molecule has 0 saturated heterocycles. The van der Waals surface area contributed by atoms with Gasteiger partial charge in [0.1, 0.15) is 6.04 Å². The molecule has 0 aliphatic heterocycles. The molecule has 7 heteroatoms. The van der Waals surface area contributed by atoms with Crippen LogP contribution in [-0.4, -0.2) is 23.1 Å². The van der Waals surface area contributed by atoms with Gasteiger partial charge < -0.3 is 9.30 Å². The predicted octanol–water partition coefficient (Wildman–Crippen LogP) is 3.94. The number of esters is 1. The van der Waals surface area contributed by atoms with Gasteiger partial charge in [-0.15, -0.1) is 11.3 Å². The molecule has 3 aromatic rings. The Hall–Kier alpha value is -2.25. The summed E-state index contributed by atoms with van der Waals surface area (Å²) in [5.41, 5.74) is 0.863. The van der Waals surface area contributed by atoms with Gasteiger partial charge in [-0.2, -0.15) is 4.99 Å². The zero-order chi connectivity index (χ0) is 18.0. The Balaban J connectivity index is 2.14. The third-order valence-corrected chi connectivity index (χ3v) is 5.72. The van der Waals surface area contributed by atoms with E-state index >= 15 is 0 Å². The van der Waals surface area contributed by atoms with Crippen LogP contribution in [0.1, 0.15) is 34.4 Å². The average Bonchev–Trinajstić information content (AvgIpc) is 3.17. The number of hydrogen-bond donors (Lipinski definition) is 0. The highest BCUT2D eigenvalue weighted by molar-refractivity contribution is 7.16. The van der Waals surface area contributed by atoms with Crippen molar-refractivity contribution in [3.63, 3.8) is 0 Å². The van der Waals surface area contributed by atoms with E-state index in [0.29, 0.717) is 16.3 Å². The minimum atomic E-state index is -0.562. The summed E-state index contributed by atoms with van der Waals surface area (Å²) in [5, 5.41) is 0. The van der Waals surface area contributed by atoms with E-state index in [1.54, 1.807) is 24.5 Å². The highest BCUT2D eigenvalue weighted by atomic mass is 32.1. The van der Waals surface area contributed by atoms with Gasteiger partial charge in [-0.25, -0.2) is 4.79 Å². The highest BCUT2D eigenvalue weighted by Crippen LogP contribution is 2.22. The van der Waals surface area contributed by atoms with Crippen LogP contribution in [0.25, 0.3) is 10.2 Å². The number of thiophene rings is 1. The summed E-state index contributed by atoms with van der Waals surface area (Å²) in [5.74, 6) is -0.638. The van der Waals surface area contributed by atoms with E-state index in [1.807, 2.05) is 37.3 Å². The highest BCUT2D eigenvalue weighted by Gasteiger charge is 2.21. The first kappa shape index (κ1) is 17.6. The molecule has 5 nitrogen and oxygen atoms in total. The number of carbonyl (C=O) groups is 2. The molecule has 0 N–H and O–H groups in total. The van der Waals surface area contributed by atoms with Crippen molar-refractivity contribution in [3.05, 3.63) is 51.0 Å². The first-order chi connectivity index (χ1) is 12.0. The number of benzene rings is 1. The second-order valence-electron chi connectivity index (χ2n) is 5.48. The molecule has 25 heavy (non-hydrogen) atoms. The monoisotopic (exact) mass is 374 g/mol. The Morgan fingerprint density at radius 1 is 1.20 bits per heavy atom. The molecule has 1 unspecified atom stereocenters. The van der Waals surface area contributed by atoms with Crippen molar-refractivity contribution in [2.45, 2.75) is 26.8 Å². The van der Waals surface area contributed by atoms with Crippen LogP contribution in [-0.2, 0) is 9.53 Å². The van der Waals surface area contributed by atoms with Gasteiger partial charge in [0.25, 0.3) is 5.91 Å². The Morgan fingerprint density at radius 2 is 1.96 bits per heavy atom. The molecular weight excluding hydrogens is 356 g/mol. The minimum Gasteiger partial charge on any atom is -0.464 e. The van der Waals surface area contributed by atoms with Crippen LogP contribution in [0.3, 0.4) is 0 Å². The lowest BCUT2D eigenvalue weighted by Crippen LogP contribution is -2.27. The van der Waals surface area contributed by atoms with E-state index in [9.17, 15) is 9.59 Å². The number of para-hydroxylation sites is 1. The molecule has 1 aromatic carbocycles. The summed E-state index contributed by atoms with van der Waals surface area (Å²) in [6, 6.07) is 10.8. The van der Waals surface area contributed by atoms with Gasteiger partial charge >= 0.3 is 5.97 Å². The summed E-state index contributed by atoms with van der Waals surface area (Å²) in [6.07, 6.45) is 0. The second kappa shape index (κ2) is 7.33. The van der Waals surface area contributed by atoms with Gasteiger partial charge in [-0.1, -0.05) is 23.5 Å². The molecular formula is C18H18N2O3S2. The molecule has 0 bridgehead atoms. The maximum Gasteiger partial charge on any atom is 0.328 e. The van der Waals surface area contributed by atoms with Gasteiger partial charge in [0.15, 0.2) is 4.80 Å². The molecule has 2 heterocycles. The lowest BCUT2D eigenvalue weighted by atomic mass is 10.3. The van der Waals surface area contributed by atoms with Crippen LogP contribution in [0.2, 0.25) is 0 Å². The number of ether oxygens (including phenoxy) is 1. The maximum atomic E-state index is 12.5. The summed E-state index contributed by atoms with van der Waals surface area (Å²) >= 11 is 2.80. The fraction of sp³-hybridized carbons (Fsp3) is 0.278. The van der Waals surface area contributed by atoms with Crippen LogP contribution in [0.4, 0.5) is 0 Å². The van der Waals surface area contributed by atoms with Crippen LogP contribution in [0.15, 0.2) is 41.4 Å². The standard InChI is InChI=1S/C18H18N2O3S2/c1-4-23-17(22)12(3)20-13-7-5-6-8-14(13)25-18(20)19-16(21)15-10-9-11(2)24-15/h5-10,12H,4H2,1-3H3/b19-18+. The van der Waals surface area contributed by atoms with Gasteiger partial charge in [-0.3, -0.25) is 4.79 Å². The van der Waals surface area contributed by atoms with Crippen molar-refractivity contribution in [1.82, 2.24) is 4.57 Å². The SMILES string of the molecule is CCOC(=O)C(C)n1/c(=N\C(=O)c2ccc(C)s2)sc2ccccc21. The van der Waals surface area contributed by atoms with Crippen LogP contribution in [0, 0.1) is 6.92 Å². The van der Waals surface area contributed by atoms with Crippen LogP contribution in [0.5, 0.6) is 0 Å². The fourth-order valence-electron chi connectivity index (χ4n) is 2.50. The van der Waals surface area contributed by atoms with E-state index in [0.717, 1.165) is 15.1 Å². The average molecular weight is 374 g/mol. The number of hydrogen-bond acceptors (Lipinski definition) is 5. The van der Waals surface area contributed by atoms with Gasteiger partial charge in [-0.05, 0) is 45.0 Å². The van der Waals surface area contributed by atoms with E-state index in [-0.39, 0.29) is 11.9 Å². The lowest BCUT2D eigenvalue weighted by Gasteiger charge is -2.13. The third kappa shape index (κ3) is 3.57. The van der Waals surface area contributed by atoms with E-state index < -0.39 is 6.04 Å². The number of thiazole rings is 1. The zero-order valence-corrected chi connectivity index (χ0v) is 15.8. The number of amides is 1.